The fourth-order valence-corrected chi connectivity index (χ4v) is 1.50. The van der Waals surface area contributed by atoms with Crippen LogP contribution in [0, 0.1) is 0 Å². The van der Waals surface area contributed by atoms with Crippen molar-refractivity contribution < 1.29 is 14.3 Å². The van der Waals surface area contributed by atoms with Crippen LogP contribution in [-0.4, -0.2) is 28.7 Å². The van der Waals surface area contributed by atoms with E-state index in [1.807, 2.05) is 0 Å². The van der Waals surface area contributed by atoms with Crippen LogP contribution in [0.2, 0.25) is 0 Å². The summed E-state index contributed by atoms with van der Waals surface area (Å²) in [6, 6.07) is 0. The molecule has 0 aromatic carbocycles. The minimum Gasteiger partial charge on any atom is -0.463 e. The van der Waals surface area contributed by atoms with Crippen molar-refractivity contribution in [3.63, 3.8) is 0 Å². The lowest BCUT2D eigenvalue weighted by Gasteiger charge is -2.07. The molecule has 0 aliphatic heterocycles. The third-order valence-corrected chi connectivity index (χ3v) is 2.31. The summed E-state index contributed by atoms with van der Waals surface area (Å²) in [5.41, 5.74) is -0.721. The highest BCUT2D eigenvalue weighted by Gasteiger charge is 2.02. The maximum atomic E-state index is 11.5. The molecule has 1 N–H and O–H groups in total. The molecule has 0 bridgehead atoms. The van der Waals surface area contributed by atoms with Crippen molar-refractivity contribution >= 4 is 28.0 Å². The van der Waals surface area contributed by atoms with Crippen molar-refractivity contribution in [3.8, 4) is 0 Å². The fourth-order valence-electron chi connectivity index (χ4n) is 1.22. The van der Waals surface area contributed by atoms with E-state index in [2.05, 4.69) is 25.7 Å². The van der Waals surface area contributed by atoms with Crippen LogP contribution < -0.4 is 11.2 Å². The van der Waals surface area contributed by atoms with Crippen LogP contribution in [0.1, 0.15) is 12.5 Å². The van der Waals surface area contributed by atoms with E-state index >= 15 is 0 Å². The van der Waals surface area contributed by atoms with E-state index in [9.17, 15) is 14.4 Å². The molecule has 1 aromatic rings. The van der Waals surface area contributed by atoms with Gasteiger partial charge in [-0.1, -0.05) is 15.9 Å². The van der Waals surface area contributed by atoms with E-state index in [1.54, 1.807) is 0 Å². The van der Waals surface area contributed by atoms with Gasteiger partial charge in [-0.25, -0.2) is 4.79 Å². The highest BCUT2D eigenvalue weighted by molar-refractivity contribution is 9.11. The summed E-state index contributed by atoms with van der Waals surface area (Å²) in [4.78, 5) is 37.0. The molecule has 1 aromatic heterocycles. The van der Waals surface area contributed by atoms with Crippen molar-refractivity contribution in [2.24, 2.45) is 0 Å². The standard InChI is InChI=1S/C11H13BrN2O5/c1-8(15)19-5-4-18-7-14-6-9(2-3-12)10(16)13-11(14)17/h2-3,6H,4-5,7H2,1H3,(H,13,16,17). The van der Waals surface area contributed by atoms with E-state index in [4.69, 9.17) is 4.74 Å². The Morgan fingerprint density at radius 3 is 2.84 bits per heavy atom. The van der Waals surface area contributed by atoms with Crippen molar-refractivity contribution in [1.29, 1.82) is 0 Å². The van der Waals surface area contributed by atoms with Crippen molar-refractivity contribution in [3.05, 3.63) is 37.6 Å². The van der Waals surface area contributed by atoms with Gasteiger partial charge in [0.05, 0.1) is 12.2 Å². The molecule has 0 unspecified atom stereocenters. The van der Waals surface area contributed by atoms with E-state index < -0.39 is 17.2 Å². The van der Waals surface area contributed by atoms with Crippen molar-refractivity contribution in [2.75, 3.05) is 13.2 Å². The Morgan fingerprint density at radius 2 is 2.21 bits per heavy atom. The lowest BCUT2D eigenvalue weighted by molar-refractivity contribution is -0.142. The summed E-state index contributed by atoms with van der Waals surface area (Å²) < 4.78 is 11.0. The zero-order valence-corrected chi connectivity index (χ0v) is 11.8. The van der Waals surface area contributed by atoms with Crippen LogP contribution in [0.25, 0.3) is 6.08 Å². The van der Waals surface area contributed by atoms with E-state index in [0.29, 0.717) is 5.56 Å². The molecule has 0 atom stereocenters. The van der Waals surface area contributed by atoms with Gasteiger partial charge in [-0.3, -0.25) is 19.1 Å². The molecule has 0 saturated carbocycles. The second-order valence-electron chi connectivity index (χ2n) is 3.48. The fraction of sp³-hybridized carbons (Fsp3) is 0.364. The summed E-state index contributed by atoms with van der Waals surface area (Å²) in [5.74, 6) is -0.394. The molecule has 1 rings (SSSR count). The number of hydrogen-bond acceptors (Lipinski definition) is 5. The molecule has 0 spiro atoms. The number of rotatable bonds is 6. The second kappa shape index (κ2) is 7.70. The molecular formula is C11H13BrN2O5. The summed E-state index contributed by atoms with van der Waals surface area (Å²) >= 11 is 3.05. The minimum absolute atomic E-state index is 0.0417. The van der Waals surface area contributed by atoms with Crippen LogP contribution >= 0.6 is 15.9 Å². The van der Waals surface area contributed by atoms with Gasteiger partial charge in [0.15, 0.2) is 0 Å². The highest BCUT2D eigenvalue weighted by Crippen LogP contribution is 1.95. The van der Waals surface area contributed by atoms with Gasteiger partial charge in [0.1, 0.15) is 13.3 Å². The average Bonchev–Trinajstić information content (AvgIpc) is 2.33. The molecule has 0 saturated heterocycles. The van der Waals surface area contributed by atoms with Crippen LogP contribution in [0.4, 0.5) is 0 Å². The molecule has 0 amide bonds. The number of aromatic amines is 1. The van der Waals surface area contributed by atoms with Gasteiger partial charge in [-0.05, 0) is 11.1 Å². The Balaban J connectivity index is 2.63. The molecule has 8 heteroatoms. The van der Waals surface area contributed by atoms with Gasteiger partial charge in [-0.2, -0.15) is 0 Å². The quantitative estimate of drug-likeness (QED) is 0.603. The highest BCUT2D eigenvalue weighted by atomic mass is 79.9. The predicted molar refractivity (Wildman–Crippen MR) is 71.9 cm³/mol. The molecule has 0 fully saturated rings. The van der Waals surface area contributed by atoms with Gasteiger partial charge < -0.3 is 9.47 Å². The lowest BCUT2D eigenvalue weighted by atomic mass is 10.3. The first-order chi connectivity index (χ1) is 9.04. The zero-order valence-electron chi connectivity index (χ0n) is 10.2. The molecule has 104 valence electrons. The number of hydrogen-bond donors (Lipinski definition) is 1. The Morgan fingerprint density at radius 1 is 1.47 bits per heavy atom. The summed E-state index contributed by atoms with van der Waals surface area (Å²) in [7, 11) is 0. The van der Waals surface area contributed by atoms with Crippen LogP contribution in [0.5, 0.6) is 0 Å². The third kappa shape index (κ3) is 5.23. The summed E-state index contributed by atoms with van der Waals surface area (Å²) in [5, 5.41) is 0. The van der Waals surface area contributed by atoms with E-state index in [1.165, 1.54) is 28.7 Å². The number of nitrogens with one attached hydrogen (secondary N) is 1. The molecule has 7 nitrogen and oxygen atoms in total. The molecular weight excluding hydrogens is 320 g/mol. The number of nitrogens with zero attached hydrogens (tertiary/aromatic N) is 1. The van der Waals surface area contributed by atoms with Gasteiger partial charge >= 0.3 is 11.7 Å². The van der Waals surface area contributed by atoms with Crippen molar-refractivity contribution in [1.82, 2.24) is 9.55 Å². The normalized spacial score (nSPS) is 10.8. The topological polar surface area (TPSA) is 90.4 Å². The molecule has 0 radical (unpaired) electrons. The van der Waals surface area contributed by atoms with Crippen LogP contribution in [0.15, 0.2) is 20.8 Å². The van der Waals surface area contributed by atoms with Crippen molar-refractivity contribution in [2.45, 2.75) is 13.7 Å². The maximum Gasteiger partial charge on any atom is 0.330 e. The monoisotopic (exact) mass is 332 g/mol. The zero-order chi connectivity index (χ0) is 14.3. The maximum absolute atomic E-state index is 11.5. The lowest BCUT2D eigenvalue weighted by Crippen LogP contribution is -2.31. The van der Waals surface area contributed by atoms with Gasteiger partial charge in [0.25, 0.3) is 5.56 Å². The van der Waals surface area contributed by atoms with Gasteiger partial charge in [0.2, 0.25) is 0 Å². The third-order valence-electron chi connectivity index (χ3n) is 2.04. The number of H-pyrrole nitrogens is 1. The predicted octanol–water partition coefficient (Wildman–Crippen LogP) is 0.439. The summed E-state index contributed by atoms with van der Waals surface area (Å²) in [6.07, 6.45) is 2.89. The molecule has 1 heterocycles. The van der Waals surface area contributed by atoms with Gasteiger partial charge in [0, 0.05) is 13.1 Å². The second-order valence-corrected chi connectivity index (χ2v) is 4.01. The van der Waals surface area contributed by atoms with E-state index in [0.717, 1.165) is 0 Å². The first-order valence-electron chi connectivity index (χ1n) is 5.36. The number of ether oxygens (including phenoxy) is 2. The minimum atomic E-state index is -0.566. The first kappa shape index (κ1) is 15.4. The number of halogens is 1. The summed E-state index contributed by atoms with van der Waals surface area (Å²) in [6.45, 7) is 1.53. The largest absolute Gasteiger partial charge is 0.463 e. The smallest absolute Gasteiger partial charge is 0.330 e. The number of carbonyl (C=O) groups excluding carboxylic acids is 1. The van der Waals surface area contributed by atoms with Gasteiger partial charge in [-0.15, -0.1) is 0 Å². The number of esters is 1. The Bertz CT molecular complexity index is 575. The Hall–Kier alpha value is -1.67. The molecule has 0 aliphatic carbocycles. The van der Waals surface area contributed by atoms with Crippen LogP contribution in [0.3, 0.4) is 0 Å². The molecule has 0 aliphatic rings. The first-order valence-corrected chi connectivity index (χ1v) is 6.28. The SMILES string of the molecule is CC(=O)OCCOCn1cc(C=CBr)c(=O)[nH]c1=O. The Labute approximate surface area is 117 Å². The number of carbonyl (C=O) groups is 1. The molecule has 19 heavy (non-hydrogen) atoms. The van der Waals surface area contributed by atoms with Crippen LogP contribution in [-0.2, 0) is 21.0 Å². The number of aromatic nitrogens is 2. The average molecular weight is 333 g/mol. The van der Waals surface area contributed by atoms with E-state index in [-0.39, 0.29) is 19.9 Å². The Kier molecular flexibility index (Phi) is 6.23.